The van der Waals surface area contributed by atoms with E-state index in [9.17, 15) is 28.7 Å². The number of hydrogen-bond acceptors (Lipinski definition) is 15. The van der Waals surface area contributed by atoms with Crippen molar-refractivity contribution >= 4 is 50.3 Å². The summed E-state index contributed by atoms with van der Waals surface area (Å²) < 4.78 is 99.1. The summed E-state index contributed by atoms with van der Waals surface area (Å²) in [7, 11) is -8.48. The van der Waals surface area contributed by atoms with Crippen molar-refractivity contribution in [3.8, 4) is 0 Å². The van der Waals surface area contributed by atoms with Crippen LogP contribution in [0.5, 0.6) is 0 Å². The molecule has 0 aromatic carbocycles. The van der Waals surface area contributed by atoms with E-state index in [4.69, 9.17) is 29.4 Å². The Labute approximate surface area is 290 Å². The fourth-order valence-electron chi connectivity index (χ4n) is 4.84. The predicted molar refractivity (Wildman–Crippen MR) is 168 cm³/mol. The van der Waals surface area contributed by atoms with Crippen molar-refractivity contribution in [2.24, 2.45) is 5.92 Å². The van der Waals surface area contributed by atoms with Gasteiger partial charge in [0.2, 0.25) is 18.4 Å². The van der Waals surface area contributed by atoms with Gasteiger partial charge < -0.3 is 19.3 Å². The summed E-state index contributed by atoms with van der Waals surface area (Å²) in [4.78, 5) is 59.4. The molecular weight excluding hydrogens is 747 g/mol. The number of halogens is 3. The Hall–Kier alpha value is -4.30. The number of phosphoric ester groups is 1. The number of nitrogens with zero attached hydrogens (tertiary/aromatic N) is 8. The van der Waals surface area contributed by atoms with Crippen LogP contribution in [0.2, 0.25) is 0 Å². The van der Waals surface area contributed by atoms with E-state index in [2.05, 4.69) is 40.1 Å². The Balaban J connectivity index is 1.35. The maximum absolute atomic E-state index is 15.8. The molecule has 1 fully saturated rings. The third-order valence-electron chi connectivity index (χ3n) is 7.25. The van der Waals surface area contributed by atoms with Crippen molar-refractivity contribution in [1.29, 1.82) is 0 Å². The number of aliphatic hydroxyl groups is 1. The number of carbonyl (C=O) groups is 1. The lowest BCUT2D eigenvalue weighted by atomic mass is 10.1. The van der Waals surface area contributed by atoms with Crippen LogP contribution in [0.25, 0.3) is 27.2 Å². The number of aromatic nitrogens is 8. The second-order valence-electron chi connectivity index (χ2n) is 11.3. The molecule has 280 valence electrons. The normalized spacial score (nSPS) is 20.7. The molecule has 1 aliphatic rings. The number of alkyl halides is 3. The summed E-state index contributed by atoms with van der Waals surface area (Å²) in [5.74, 6) is -5.31. The number of anilines is 1. The first kappa shape index (κ1) is 38.9. The Morgan fingerprint density at radius 1 is 1.27 bits per heavy atom. The van der Waals surface area contributed by atoms with E-state index in [1.54, 1.807) is 13.8 Å². The lowest BCUT2D eigenvalue weighted by molar-refractivity contribution is -0.118. The van der Waals surface area contributed by atoms with Gasteiger partial charge in [0, 0.05) is 10.5 Å². The maximum atomic E-state index is 15.8. The highest BCUT2D eigenvalue weighted by Crippen LogP contribution is 2.51. The van der Waals surface area contributed by atoms with Crippen LogP contribution < -0.4 is 10.9 Å². The average molecular weight is 778 g/mol. The van der Waals surface area contributed by atoms with Crippen molar-refractivity contribution in [3.05, 3.63) is 46.4 Å². The molecule has 5 heterocycles. The summed E-state index contributed by atoms with van der Waals surface area (Å²) >= 11 is 0. The zero-order valence-corrected chi connectivity index (χ0v) is 28.8. The standard InChI is InChI=1S/C26H29F3N10O11P2/c1-13(2)22(41)36-25-35-21-18(23(42)37-25)33-12-39(21)24-19(50-51(43)44)17(27)15(49-24)8-47-52(45,46-5-4-30-3)48-10-26(28,29)9-38-16(7-40)34-14-6-31-11-32-20(14)38/h6,11-13,15,17,19,24,40H,4-5,7-10H2,1-2H3,(H2-,35,36,37,41,42,43,44)/p+1/t15-,17-,19-,24-,52?/m1/s1. The topological polar surface area (TPSA) is 261 Å². The van der Waals surface area contributed by atoms with E-state index in [1.807, 2.05) is 0 Å². The number of nitrogens with one attached hydrogen (secondary N) is 2. The molecule has 0 bridgehead atoms. The molecule has 0 spiro atoms. The summed E-state index contributed by atoms with van der Waals surface area (Å²) in [6.07, 6.45) is -4.39. The summed E-state index contributed by atoms with van der Waals surface area (Å²) in [5.41, 5.74) is -1.27. The fourth-order valence-corrected chi connectivity index (χ4v) is 6.47. The molecule has 26 heteroatoms. The third-order valence-corrected chi connectivity index (χ3v) is 9.09. The minimum Gasteiger partial charge on any atom is -0.388 e. The Bertz CT molecular complexity index is 2090. The van der Waals surface area contributed by atoms with Gasteiger partial charge in [-0.3, -0.25) is 38.0 Å². The van der Waals surface area contributed by atoms with Crippen LogP contribution in [-0.4, -0.2) is 106 Å². The minimum atomic E-state index is -5.02. The van der Waals surface area contributed by atoms with Gasteiger partial charge in [-0.2, -0.15) is 4.98 Å². The molecule has 0 saturated carbocycles. The van der Waals surface area contributed by atoms with E-state index in [-0.39, 0.29) is 40.6 Å². The average Bonchev–Trinajstić information content (AvgIpc) is 3.76. The largest absolute Gasteiger partial charge is 0.695 e. The summed E-state index contributed by atoms with van der Waals surface area (Å²) in [6.45, 7) is 4.59. The highest BCUT2D eigenvalue weighted by molar-refractivity contribution is 7.48. The number of aromatic amines is 1. The van der Waals surface area contributed by atoms with Gasteiger partial charge in [0.1, 0.15) is 43.6 Å². The number of carbonyl (C=O) groups excluding carboxylic acids is 1. The quantitative estimate of drug-likeness (QED) is 0.0679. The molecular formula is C26H30F3N10O11P2+. The van der Waals surface area contributed by atoms with Gasteiger partial charge in [0.05, 0.1) is 25.7 Å². The van der Waals surface area contributed by atoms with Gasteiger partial charge in [-0.1, -0.05) is 13.8 Å². The van der Waals surface area contributed by atoms with Gasteiger partial charge in [0.15, 0.2) is 35.3 Å². The molecule has 4 aromatic rings. The number of rotatable bonds is 17. The van der Waals surface area contributed by atoms with Crippen molar-refractivity contribution in [2.45, 2.75) is 57.5 Å². The number of ether oxygens (including phenoxy) is 1. The highest BCUT2D eigenvalue weighted by atomic mass is 31.2. The Kier molecular flexibility index (Phi) is 12.1. The molecule has 21 nitrogen and oxygen atoms in total. The lowest BCUT2D eigenvalue weighted by Crippen LogP contribution is -2.32. The fraction of sp³-hybridized carbons (Fsp3) is 0.538. The molecule has 0 radical (unpaired) electrons. The van der Waals surface area contributed by atoms with Gasteiger partial charge in [-0.05, 0) is 0 Å². The summed E-state index contributed by atoms with van der Waals surface area (Å²) in [6, 6.07) is 0. The second-order valence-corrected chi connectivity index (χ2v) is 13.6. The molecule has 1 aliphatic heterocycles. The Morgan fingerprint density at radius 2 is 2.04 bits per heavy atom. The first-order chi connectivity index (χ1) is 24.6. The molecule has 52 heavy (non-hydrogen) atoms. The van der Waals surface area contributed by atoms with Crippen molar-refractivity contribution in [1.82, 2.24) is 39.0 Å². The van der Waals surface area contributed by atoms with Crippen LogP contribution in [0.4, 0.5) is 19.1 Å². The highest BCUT2D eigenvalue weighted by Gasteiger charge is 2.53. The van der Waals surface area contributed by atoms with Gasteiger partial charge in [-0.15, -0.1) is 9.42 Å². The number of phosphoric acid groups is 1. The van der Waals surface area contributed by atoms with E-state index in [0.717, 1.165) is 21.8 Å². The van der Waals surface area contributed by atoms with E-state index >= 15 is 13.2 Å². The SMILES string of the molecule is [C-]#[N+]CCOP(=O)(OC[C@H]1O[C@@H](n2cnc3c(=O)[nH]c(NC(=O)C(C)C)nc32)[C@H](O[P+](=O)O)[C@@H]1F)OCC(F)(F)Cn1c(CO)nc2cncnc21. The molecule has 5 rings (SSSR count). The number of imidazole rings is 2. The zero-order valence-electron chi connectivity index (χ0n) is 27.0. The first-order valence-corrected chi connectivity index (χ1v) is 17.6. The molecule has 1 amide bonds. The monoisotopic (exact) mass is 777 g/mol. The van der Waals surface area contributed by atoms with E-state index in [0.29, 0.717) is 0 Å². The molecule has 4 aromatic heterocycles. The van der Waals surface area contributed by atoms with Crippen LogP contribution >= 0.6 is 16.1 Å². The smallest absolute Gasteiger partial charge is 0.388 e. The zero-order chi connectivity index (χ0) is 37.8. The number of hydrogen-bond donors (Lipinski definition) is 4. The minimum absolute atomic E-state index is 0.0307. The molecule has 6 atom stereocenters. The molecule has 0 aliphatic carbocycles. The summed E-state index contributed by atoms with van der Waals surface area (Å²) in [5, 5.41) is 12.0. The number of aliphatic hydroxyl groups excluding tert-OH is 1. The molecule has 4 N–H and O–H groups in total. The maximum Gasteiger partial charge on any atom is 0.695 e. The van der Waals surface area contributed by atoms with Crippen molar-refractivity contribution in [3.63, 3.8) is 0 Å². The van der Waals surface area contributed by atoms with E-state index in [1.165, 1.54) is 6.20 Å². The number of H-pyrrole nitrogens is 1. The second kappa shape index (κ2) is 16.2. The number of fused-ring (bicyclic) bond motifs is 2. The molecule has 1 saturated heterocycles. The van der Waals surface area contributed by atoms with Crippen LogP contribution in [0.1, 0.15) is 25.9 Å². The predicted octanol–water partition coefficient (Wildman–Crippen LogP) is 2.03. The van der Waals surface area contributed by atoms with Gasteiger partial charge in [-0.25, -0.2) is 44.2 Å². The van der Waals surface area contributed by atoms with Crippen LogP contribution in [0.3, 0.4) is 0 Å². The lowest BCUT2D eigenvalue weighted by Gasteiger charge is -2.23. The van der Waals surface area contributed by atoms with Crippen LogP contribution in [0.15, 0.2) is 23.6 Å². The third kappa shape index (κ3) is 8.83. The van der Waals surface area contributed by atoms with Crippen LogP contribution in [0, 0.1) is 12.5 Å². The van der Waals surface area contributed by atoms with Crippen molar-refractivity contribution < 1.29 is 59.9 Å². The van der Waals surface area contributed by atoms with Gasteiger partial charge in [0.25, 0.3) is 11.5 Å². The van der Waals surface area contributed by atoms with Gasteiger partial charge >= 0.3 is 16.1 Å². The number of amides is 1. The molecule has 2 unspecified atom stereocenters. The van der Waals surface area contributed by atoms with Crippen LogP contribution in [-0.2, 0) is 49.9 Å². The first-order valence-electron chi connectivity index (χ1n) is 15.1. The van der Waals surface area contributed by atoms with E-state index < -0.39 is 97.0 Å². The Morgan fingerprint density at radius 3 is 2.73 bits per heavy atom. The van der Waals surface area contributed by atoms with Crippen molar-refractivity contribution in [2.75, 3.05) is 31.7 Å².